The van der Waals surface area contributed by atoms with Gasteiger partial charge in [0.05, 0.1) is 12.8 Å². The van der Waals surface area contributed by atoms with E-state index in [1.807, 2.05) is 0 Å². The molecule has 0 fully saturated rings. The number of hydrogen-bond donors (Lipinski definition) is 0. The number of nitrogens with zero attached hydrogens (tertiary/aromatic N) is 1. The molecule has 0 spiro atoms. The maximum Gasteiger partial charge on any atom is 0.375 e. The van der Waals surface area contributed by atoms with Crippen LogP contribution in [0.2, 0.25) is 0 Å². The first-order valence-electron chi connectivity index (χ1n) is 3.36. The van der Waals surface area contributed by atoms with Crippen LogP contribution in [0.15, 0.2) is 10.6 Å². The first-order chi connectivity index (χ1) is 5.77. The topological polar surface area (TPSA) is 69.4 Å². The van der Waals surface area contributed by atoms with E-state index in [2.05, 4.69) is 9.72 Å². The lowest BCUT2D eigenvalue weighted by atomic mass is 10.5. The van der Waals surface area contributed by atoms with E-state index in [9.17, 15) is 9.59 Å². The molecule has 0 N–H and O–H groups in total. The zero-order valence-electron chi connectivity index (χ0n) is 6.44. The van der Waals surface area contributed by atoms with Crippen LogP contribution in [-0.4, -0.2) is 23.8 Å². The van der Waals surface area contributed by atoms with Crippen LogP contribution < -0.4 is 0 Å². The van der Waals surface area contributed by atoms with Gasteiger partial charge in [-0.15, -0.1) is 0 Å². The Kier molecular flexibility index (Phi) is 2.57. The Morgan fingerprint density at radius 2 is 2.58 bits per heavy atom. The van der Waals surface area contributed by atoms with Crippen LogP contribution in [0.1, 0.15) is 28.2 Å². The van der Waals surface area contributed by atoms with Gasteiger partial charge in [-0.05, 0) is 6.92 Å². The maximum absolute atomic E-state index is 10.9. The normalized spacial score (nSPS) is 9.42. The highest BCUT2D eigenvalue weighted by atomic mass is 16.5. The molecule has 0 unspecified atom stereocenters. The summed E-state index contributed by atoms with van der Waals surface area (Å²) in [6.45, 7) is 1.94. The first kappa shape index (κ1) is 8.45. The summed E-state index contributed by atoms with van der Waals surface area (Å²) >= 11 is 0. The molecule has 0 atom stereocenters. The highest BCUT2D eigenvalue weighted by molar-refractivity contribution is 5.86. The van der Waals surface area contributed by atoms with Gasteiger partial charge in [0.25, 0.3) is 5.89 Å². The Labute approximate surface area is 68.3 Å². The third kappa shape index (κ3) is 1.69. The number of aldehydes is 1. The molecule has 0 bridgehead atoms. The van der Waals surface area contributed by atoms with Crippen molar-refractivity contribution in [3.63, 3.8) is 0 Å². The Bertz CT molecular complexity index is 291. The molecule has 0 aliphatic heterocycles. The molecule has 1 rings (SSSR count). The van der Waals surface area contributed by atoms with Crippen LogP contribution in [0.5, 0.6) is 0 Å². The quantitative estimate of drug-likeness (QED) is 0.491. The van der Waals surface area contributed by atoms with Crippen molar-refractivity contribution in [3.8, 4) is 0 Å². The fourth-order valence-electron chi connectivity index (χ4n) is 0.639. The minimum absolute atomic E-state index is 0.0565. The van der Waals surface area contributed by atoms with Crippen molar-refractivity contribution >= 4 is 12.3 Å². The summed E-state index contributed by atoms with van der Waals surface area (Å²) in [5.74, 6) is -0.796. The standard InChI is InChI=1S/C7H7NO4/c1-2-11-7(10)5-3-8-6(4-9)12-5/h3-4H,2H2,1H3. The molecule has 0 saturated heterocycles. The Morgan fingerprint density at radius 1 is 1.83 bits per heavy atom. The minimum Gasteiger partial charge on any atom is -0.460 e. The molecule has 1 aromatic rings. The summed E-state index contributed by atoms with van der Waals surface area (Å²) in [6, 6.07) is 0. The van der Waals surface area contributed by atoms with Crippen LogP contribution >= 0.6 is 0 Å². The number of carbonyl (C=O) groups excluding carboxylic acids is 2. The Morgan fingerprint density at radius 3 is 3.08 bits per heavy atom. The van der Waals surface area contributed by atoms with Crippen molar-refractivity contribution in [2.45, 2.75) is 6.92 Å². The molecule has 5 nitrogen and oxygen atoms in total. The number of aromatic nitrogens is 1. The summed E-state index contributed by atoms with van der Waals surface area (Å²) in [5.41, 5.74) is 0. The summed E-state index contributed by atoms with van der Waals surface area (Å²) in [7, 11) is 0. The molecule has 5 heteroatoms. The van der Waals surface area contributed by atoms with Crippen molar-refractivity contribution in [2.24, 2.45) is 0 Å². The van der Waals surface area contributed by atoms with Crippen LogP contribution in [0.3, 0.4) is 0 Å². The van der Waals surface area contributed by atoms with Gasteiger partial charge < -0.3 is 9.15 Å². The summed E-state index contributed by atoms with van der Waals surface area (Å²) in [6.07, 6.45) is 1.57. The lowest BCUT2D eigenvalue weighted by Crippen LogP contribution is -2.02. The van der Waals surface area contributed by atoms with E-state index in [-0.39, 0.29) is 18.3 Å². The largest absolute Gasteiger partial charge is 0.460 e. The lowest BCUT2D eigenvalue weighted by molar-refractivity contribution is 0.0489. The van der Waals surface area contributed by atoms with Crippen LogP contribution in [0, 0.1) is 0 Å². The SMILES string of the molecule is CCOC(=O)c1cnc(C=O)o1. The molecule has 0 radical (unpaired) electrons. The number of carbonyl (C=O) groups is 2. The van der Waals surface area contributed by atoms with E-state index in [1.165, 1.54) is 0 Å². The molecule has 64 valence electrons. The first-order valence-corrected chi connectivity index (χ1v) is 3.36. The van der Waals surface area contributed by atoms with Gasteiger partial charge in [-0.3, -0.25) is 4.79 Å². The summed E-state index contributed by atoms with van der Waals surface area (Å²) < 4.78 is 9.29. The van der Waals surface area contributed by atoms with Crippen molar-refractivity contribution in [1.29, 1.82) is 0 Å². The van der Waals surface area contributed by atoms with Crippen molar-refractivity contribution in [2.75, 3.05) is 6.61 Å². The molecule has 0 aromatic carbocycles. The second-order valence-corrected chi connectivity index (χ2v) is 1.90. The van der Waals surface area contributed by atoms with E-state index in [0.717, 1.165) is 6.20 Å². The van der Waals surface area contributed by atoms with Gasteiger partial charge in [-0.1, -0.05) is 0 Å². The fourth-order valence-corrected chi connectivity index (χ4v) is 0.639. The minimum atomic E-state index is -0.613. The zero-order chi connectivity index (χ0) is 8.97. The molecule has 1 heterocycles. The van der Waals surface area contributed by atoms with Gasteiger partial charge in [0.15, 0.2) is 0 Å². The van der Waals surface area contributed by atoms with Gasteiger partial charge >= 0.3 is 5.97 Å². The molecular weight excluding hydrogens is 162 g/mol. The monoisotopic (exact) mass is 169 g/mol. The summed E-state index contributed by atoms with van der Waals surface area (Å²) in [5, 5.41) is 0. The zero-order valence-corrected chi connectivity index (χ0v) is 6.44. The second-order valence-electron chi connectivity index (χ2n) is 1.90. The van der Waals surface area contributed by atoms with E-state index in [4.69, 9.17) is 4.42 Å². The number of hydrogen-bond acceptors (Lipinski definition) is 5. The second kappa shape index (κ2) is 3.66. The lowest BCUT2D eigenvalue weighted by Gasteiger charge is -1.94. The van der Waals surface area contributed by atoms with Crippen LogP contribution in [0.4, 0.5) is 0 Å². The number of oxazole rings is 1. The summed E-state index contributed by atoms with van der Waals surface area (Å²) in [4.78, 5) is 24.5. The van der Waals surface area contributed by atoms with E-state index >= 15 is 0 Å². The van der Waals surface area contributed by atoms with E-state index < -0.39 is 5.97 Å². The van der Waals surface area contributed by atoms with Gasteiger partial charge in [0.1, 0.15) is 0 Å². The average Bonchev–Trinajstić information content (AvgIpc) is 2.52. The molecule has 0 aliphatic carbocycles. The predicted molar refractivity (Wildman–Crippen MR) is 37.8 cm³/mol. The van der Waals surface area contributed by atoms with Gasteiger partial charge in [0.2, 0.25) is 12.0 Å². The van der Waals surface area contributed by atoms with E-state index in [0.29, 0.717) is 6.29 Å². The van der Waals surface area contributed by atoms with Crippen molar-refractivity contribution in [3.05, 3.63) is 17.8 Å². The predicted octanol–water partition coefficient (Wildman–Crippen LogP) is 0.664. The number of rotatable bonds is 3. The van der Waals surface area contributed by atoms with Crippen molar-refractivity contribution in [1.82, 2.24) is 4.98 Å². The number of esters is 1. The van der Waals surface area contributed by atoms with Gasteiger partial charge in [-0.25, -0.2) is 9.78 Å². The Balaban J connectivity index is 2.74. The highest BCUT2D eigenvalue weighted by Gasteiger charge is 2.12. The molecule has 0 saturated carbocycles. The van der Waals surface area contributed by atoms with Gasteiger partial charge in [-0.2, -0.15) is 0 Å². The van der Waals surface area contributed by atoms with Crippen LogP contribution in [-0.2, 0) is 4.74 Å². The molecular formula is C7H7NO4. The highest BCUT2D eigenvalue weighted by Crippen LogP contribution is 2.02. The smallest absolute Gasteiger partial charge is 0.375 e. The third-order valence-electron chi connectivity index (χ3n) is 1.10. The maximum atomic E-state index is 10.9. The number of ether oxygens (including phenoxy) is 1. The molecule has 0 amide bonds. The van der Waals surface area contributed by atoms with Gasteiger partial charge in [0, 0.05) is 0 Å². The van der Waals surface area contributed by atoms with Crippen molar-refractivity contribution < 1.29 is 18.7 Å². The molecule has 0 aliphatic rings. The third-order valence-corrected chi connectivity index (χ3v) is 1.10. The Hall–Kier alpha value is -1.65. The fraction of sp³-hybridized carbons (Fsp3) is 0.286. The molecule has 12 heavy (non-hydrogen) atoms. The molecule has 1 aromatic heterocycles. The average molecular weight is 169 g/mol. The van der Waals surface area contributed by atoms with E-state index in [1.54, 1.807) is 6.92 Å². The van der Waals surface area contributed by atoms with Crippen LogP contribution in [0.25, 0.3) is 0 Å².